The minimum absolute atomic E-state index is 0.770. The van der Waals surface area contributed by atoms with Gasteiger partial charge in [-0.1, -0.05) is 114 Å². The van der Waals surface area contributed by atoms with Gasteiger partial charge in [0.1, 0.15) is 0 Å². The topological polar surface area (TPSA) is 25.0 Å². The number of hydrogen-bond donors (Lipinski definition) is 1. The Balaban J connectivity index is 0.000000310. The fourth-order valence-electron chi connectivity index (χ4n) is 8.72. The van der Waals surface area contributed by atoms with E-state index in [0.717, 1.165) is 59.3 Å². The first kappa shape index (κ1) is 50.8. The van der Waals surface area contributed by atoms with E-state index in [0.29, 0.717) is 0 Å². The highest BCUT2D eigenvalue weighted by Crippen LogP contribution is 2.28. The molecule has 2 saturated carbocycles. The Kier molecular flexibility index (Phi) is 28.7. The van der Waals surface area contributed by atoms with Gasteiger partial charge in [0.2, 0.25) is 0 Å². The molecule has 5 saturated heterocycles. The van der Waals surface area contributed by atoms with Crippen LogP contribution in [0.4, 0.5) is 0 Å². The van der Waals surface area contributed by atoms with Crippen LogP contribution in [0.3, 0.4) is 0 Å². The van der Waals surface area contributed by atoms with Gasteiger partial charge in [-0.3, -0.25) is 0 Å². The van der Waals surface area contributed by atoms with Crippen molar-refractivity contribution in [3.8, 4) is 0 Å². The van der Waals surface area contributed by atoms with E-state index >= 15 is 0 Å². The van der Waals surface area contributed by atoms with Crippen LogP contribution in [0.25, 0.3) is 0 Å². The van der Waals surface area contributed by atoms with E-state index in [-0.39, 0.29) is 0 Å². The van der Waals surface area contributed by atoms with Crippen LogP contribution in [0.1, 0.15) is 166 Å². The van der Waals surface area contributed by atoms with E-state index in [1.807, 2.05) is 0 Å². The van der Waals surface area contributed by atoms with Crippen LogP contribution in [0.5, 0.6) is 0 Å². The van der Waals surface area contributed by atoms with Crippen molar-refractivity contribution in [3.05, 3.63) is 0 Å². The second kappa shape index (κ2) is 30.0. The SMILES string of the molecule is CC1CCC(C)CC1.CC1CCC(C)CC1.CC1CCC(C)NC1.CC1CCCN(C)C1.CC1CCN(C)C1.CC1CCN(C)CC1.CC1CN(C)C1. The summed E-state index contributed by atoms with van der Waals surface area (Å²) >= 11 is 0. The van der Waals surface area contributed by atoms with Crippen LogP contribution in [0, 0.1) is 53.3 Å². The molecule has 0 bridgehead atoms. The molecule has 0 amide bonds. The van der Waals surface area contributed by atoms with Crippen molar-refractivity contribution in [2.75, 3.05) is 87.1 Å². The van der Waals surface area contributed by atoms with Gasteiger partial charge in [-0.05, 0) is 166 Å². The predicted molar refractivity (Wildman–Crippen MR) is 239 cm³/mol. The summed E-state index contributed by atoms with van der Waals surface area (Å²) in [6.07, 6.45) is 21.6. The predicted octanol–water partition coefficient (Wildman–Crippen LogP) is 11.3. The zero-order valence-corrected chi connectivity index (χ0v) is 39.0. The standard InChI is InChI=1S/2C8H16.3C7H15N.C6H13N.C5H11N/c3*1-7-3-5-8(2)6-4-7;1-6-3-4-7(2)8-5-6;1-7-4-3-5-8(2)6-7;1-6-3-4-7(2)5-6;1-5-3-6(2)4-5/h2*7-8H,3-6H2,1-2H3;7H,3-6H2,1-2H3;6-8H,3-5H2,1-2H3;7H,3-6H2,1-2H3;6H,3-5H2,1-2H3;5H,3-4H2,1-2H3. The molecule has 4 unspecified atom stereocenters. The number of nitrogens with zero attached hydrogens (tertiary/aromatic N) is 4. The molecule has 2 aliphatic carbocycles. The van der Waals surface area contributed by atoms with Gasteiger partial charge < -0.3 is 24.9 Å². The lowest BCUT2D eigenvalue weighted by molar-refractivity contribution is 0.149. The maximum Gasteiger partial charge on any atom is 0.00389 e. The Morgan fingerprint density at radius 3 is 0.868 bits per heavy atom. The largest absolute Gasteiger partial charge is 0.314 e. The van der Waals surface area contributed by atoms with Crippen molar-refractivity contribution in [1.82, 2.24) is 24.9 Å². The first-order valence-corrected chi connectivity index (χ1v) is 23.5. The van der Waals surface area contributed by atoms with Crippen LogP contribution in [-0.2, 0) is 0 Å². The molecule has 5 heteroatoms. The van der Waals surface area contributed by atoms with Crippen molar-refractivity contribution >= 4 is 0 Å². The van der Waals surface area contributed by atoms with Crippen LogP contribution >= 0.6 is 0 Å². The minimum atomic E-state index is 0.770. The van der Waals surface area contributed by atoms with Gasteiger partial charge in [-0.25, -0.2) is 0 Å². The molecule has 7 aliphatic rings. The summed E-state index contributed by atoms with van der Waals surface area (Å²) in [7, 11) is 8.74. The molecule has 53 heavy (non-hydrogen) atoms. The zero-order chi connectivity index (χ0) is 39.8. The highest BCUT2D eigenvalue weighted by atomic mass is 15.2. The highest BCUT2D eigenvalue weighted by molar-refractivity contribution is 4.72. The summed E-state index contributed by atoms with van der Waals surface area (Å²) in [5, 5.41) is 3.43. The monoisotopic (exact) mass is 748 g/mol. The minimum Gasteiger partial charge on any atom is -0.314 e. The van der Waals surface area contributed by atoms with E-state index < -0.39 is 0 Å². The maximum absolute atomic E-state index is 3.43. The lowest BCUT2D eigenvalue weighted by Gasteiger charge is -2.33. The van der Waals surface area contributed by atoms with E-state index in [1.54, 1.807) is 0 Å². The van der Waals surface area contributed by atoms with E-state index in [1.165, 1.54) is 155 Å². The van der Waals surface area contributed by atoms with Gasteiger partial charge in [0.25, 0.3) is 0 Å². The second-order valence-corrected chi connectivity index (χ2v) is 20.7. The Bertz CT molecular complexity index is 657. The first-order valence-electron chi connectivity index (χ1n) is 23.5. The molecule has 5 nitrogen and oxygen atoms in total. The fraction of sp³-hybridized carbons (Fsp3) is 1.00. The normalized spacial score (nSPS) is 34.5. The molecule has 4 atom stereocenters. The lowest BCUT2D eigenvalue weighted by Crippen LogP contribution is -2.41. The molecule has 7 fully saturated rings. The van der Waals surface area contributed by atoms with Crippen molar-refractivity contribution in [2.45, 2.75) is 172 Å². The summed E-state index contributed by atoms with van der Waals surface area (Å²) in [6, 6.07) is 0.770. The molecule has 5 heterocycles. The van der Waals surface area contributed by atoms with Crippen molar-refractivity contribution < 1.29 is 0 Å². The Morgan fingerprint density at radius 1 is 0.302 bits per heavy atom. The number of hydrogen-bond acceptors (Lipinski definition) is 5. The summed E-state index contributed by atoms with van der Waals surface area (Å²) in [5.74, 6) is 8.82. The van der Waals surface area contributed by atoms with Crippen LogP contribution in [-0.4, -0.2) is 113 Å². The molecule has 0 aromatic heterocycles. The molecule has 318 valence electrons. The van der Waals surface area contributed by atoms with E-state index in [2.05, 4.69) is 122 Å². The Labute approximate surface area is 335 Å². The van der Waals surface area contributed by atoms with Gasteiger partial charge in [0, 0.05) is 32.2 Å². The molecule has 1 N–H and O–H groups in total. The van der Waals surface area contributed by atoms with Gasteiger partial charge in [-0.15, -0.1) is 0 Å². The van der Waals surface area contributed by atoms with E-state index in [4.69, 9.17) is 0 Å². The van der Waals surface area contributed by atoms with Crippen LogP contribution in [0.2, 0.25) is 0 Å². The van der Waals surface area contributed by atoms with Gasteiger partial charge in [0.05, 0.1) is 0 Å². The average Bonchev–Trinajstić information content (AvgIpc) is 3.49. The van der Waals surface area contributed by atoms with Crippen LogP contribution < -0.4 is 5.32 Å². The van der Waals surface area contributed by atoms with Crippen molar-refractivity contribution in [2.24, 2.45) is 53.3 Å². The fourth-order valence-corrected chi connectivity index (χ4v) is 8.72. The first-order chi connectivity index (χ1) is 25.0. The molecule has 0 aromatic carbocycles. The van der Waals surface area contributed by atoms with Crippen LogP contribution in [0.15, 0.2) is 0 Å². The zero-order valence-electron chi connectivity index (χ0n) is 39.0. The average molecular weight is 748 g/mol. The summed E-state index contributed by atoms with van der Waals surface area (Å²) in [6.45, 7) is 35.0. The lowest BCUT2D eigenvalue weighted by atomic mass is 9.84. The van der Waals surface area contributed by atoms with Crippen molar-refractivity contribution in [1.29, 1.82) is 0 Å². The van der Waals surface area contributed by atoms with Gasteiger partial charge in [-0.2, -0.15) is 0 Å². The maximum atomic E-state index is 3.43. The van der Waals surface area contributed by atoms with Crippen molar-refractivity contribution in [3.63, 3.8) is 0 Å². The molecule has 0 spiro atoms. The summed E-state index contributed by atoms with van der Waals surface area (Å²) < 4.78 is 0. The second-order valence-electron chi connectivity index (χ2n) is 20.7. The third kappa shape index (κ3) is 28.8. The molecule has 7 rings (SSSR count). The number of likely N-dealkylation sites (tertiary alicyclic amines) is 4. The summed E-state index contributed by atoms with van der Waals surface area (Å²) in [4.78, 5) is 9.52. The van der Waals surface area contributed by atoms with E-state index in [9.17, 15) is 0 Å². The third-order valence-corrected chi connectivity index (χ3v) is 13.3. The molecule has 0 radical (unpaired) electrons. The molecule has 5 aliphatic heterocycles. The smallest absolute Gasteiger partial charge is 0.00389 e. The quantitative estimate of drug-likeness (QED) is 0.266. The van der Waals surface area contributed by atoms with Gasteiger partial charge in [0.15, 0.2) is 0 Å². The molecular weight excluding hydrogens is 647 g/mol. The molecule has 0 aromatic rings. The number of nitrogens with one attached hydrogen (secondary N) is 1. The third-order valence-electron chi connectivity index (χ3n) is 13.3. The number of rotatable bonds is 0. The Hall–Kier alpha value is -0.200. The number of piperidine rings is 3. The Morgan fingerprint density at radius 2 is 0.642 bits per heavy atom. The van der Waals surface area contributed by atoms with Gasteiger partial charge >= 0.3 is 0 Å². The summed E-state index contributed by atoms with van der Waals surface area (Å²) in [5.41, 5.74) is 0. The molecular formula is C48H101N5. The highest BCUT2D eigenvalue weighted by Gasteiger charge is 2.17.